The Kier molecular flexibility index (Phi) is 3.04. The highest BCUT2D eigenvalue weighted by molar-refractivity contribution is 5.95. The number of hydrogen-bond acceptors (Lipinski definition) is 4. The van der Waals surface area contributed by atoms with E-state index in [1.54, 1.807) is 36.1 Å². The molecule has 0 aliphatic heterocycles. The molecule has 0 atom stereocenters. The second-order valence-electron chi connectivity index (χ2n) is 3.61. The van der Waals surface area contributed by atoms with Crippen molar-refractivity contribution in [3.8, 4) is 5.75 Å². The Labute approximate surface area is 98.5 Å². The lowest BCUT2D eigenvalue weighted by Gasteiger charge is -2.05. The maximum Gasteiger partial charge on any atom is 0.134 e. The average Bonchev–Trinajstić information content (AvgIpc) is 2.73. The highest BCUT2D eigenvalue weighted by Gasteiger charge is 2.02. The van der Waals surface area contributed by atoms with Gasteiger partial charge in [-0.3, -0.25) is 10.1 Å². The van der Waals surface area contributed by atoms with E-state index in [0.29, 0.717) is 17.9 Å². The summed E-state index contributed by atoms with van der Waals surface area (Å²) in [7, 11) is 1.80. The van der Waals surface area contributed by atoms with E-state index in [1.165, 1.54) is 0 Å². The van der Waals surface area contributed by atoms with E-state index in [9.17, 15) is 0 Å². The molecule has 0 radical (unpaired) electrons. The quantitative estimate of drug-likeness (QED) is 0.598. The van der Waals surface area contributed by atoms with Gasteiger partial charge in [0.05, 0.1) is 6.20 Å². The summed E-state index contributed by atoms with van der Waals surface area (Å²) < 4.78 is 7.14. The van der Waals surface area contributed by atoms with Crippen LogP contribution in [-0.2, 0) is 13.7 Å². The van der Waals surface area contributed by atoms with Gasteiger partial charge in [-0.15, -0.1) is 5.10 Å². The third kappa shape index (κ3) is 2.81. The normalized spacial score (nSPS) is 10.2. The van der Waals surface area contributed by atoms with Crippen LogP contribution in [0.5, 0.6) is 5.75 Å². The highest BCUT2D eigenvalue weighted by atomic mass is 16.5. The zero-order chi connectivity index (χ0) is 12.3. The number of nitrogens with one attached hydrogen (secondary N) is 1. The van der Waals surface area contributed by atoms with Crippen LogP contribution in [-0.4, -0.2) is 20.8 Å². The van der Waals surface area contributed by atoms with Crippen molar-refractivity contribution in [2.45, 2.75) is 6.61 Å². The minimum Gasteiger partial charge on any atom is -0.487 e. The van der Waals surface area contributed by atoms with Gasteiger partial charge in [0.25, 0.3) is 0 Å². The average molecular weight is 231 g/mol. The lowest BCUT2D eigenvalue weighted by atomic mass is 10.2. The van der Waals surface area contributed by atoms with Gasteiger partial charge in [0.2, 0.25) is 0 Å². The Bertz CT molecular complexity index is 534. The molecule has 0 amide bonds. The Morgan fingerprint density at radius 1 is 1.53 bits per heavy atom. The fourth-order valence-corrected chi connectivity index (χ4v) is 1.37. The second-order valence-corrected chi connectivity index (χ2v) is 3.61. The van der Waals surface area contributed by atoms with E-state index in [1.807, 2.05) is 6.07 Å². The zero-order valence-corrected chi connectivity index (χ0v) is 9.42. The summed E-state index contributed by atoms with van der Waals surface area (Å²) in [6.45, 7) is 0.342. The number of nitrogen functional groups attached to an aromatic ring is 1. The fraction of sp³-hybridized carbons (Fsp3) is 0.182. The largest absolute Gasteiger partial charge is 0.487 e. The number of hydrogen-bond donors (Lipinski definition) is 2. The van der Waals surface area contributed by atoms with Gasteiger partial charge in [-0.2, -0.15) is 0 Å². The number of nitrogens with zero attached hydrogens (tertiary/aromatic N) is 3. The number of aromatic nitrogens is 3. The first-order valence-corrected chi connectivity index (χ1v) is 5.07. The Morgan fingerprint density at radius 3 is 3.00 bits per heavy atom. The molecule has 1 aromatic carbocycles. The molecule has 0 aliphatic carbocycles. The Morgan fingerprint density at radius 2 is 2.35 bits per heavy atom. The number of nitrogens with two attached hydrogens (primary N) is 1. The first kappa shape index (κ1) is 11.1. The van der Waals surface area contributed by atoms with Gasteiger partial charge < -0.3 is 10.5 Å². The van der Waals surface area contributed by atoms with Gasteiger partial charge in [-0.1, -0.05) is 17.3 Å². The number of rotatable bonds is 4. The summed E-state index contributed by atoms with van der Waals surface area (Å²) in [5.41, 5.74) is 6.79. The lowest BCUT2D eigenvalue weighted by Crippen LogP contribution is -2.10. The first-order chi connectivity index (χ1) is 8.15. The zero-order valence-electron chi connectivity index (χ0n) is 9.42. The topological polar surface area (TPSA) is 89.8 Å². The third-order valence-electron chi connectivity index (χ3n) is 2.18. The summed E-state index contributed by atoms with van der Waals surface area (Å²) in [5.74, 6) is 0.679. The molecule has 0 saturated carbocycles. The Balaban J connectivity index is 2.04. The standard InChI is InChI=1S/C11H13N5O/c1-16-6-9(14-15-16)7-17-10-4-2-3-8(5-10)11(12)13/h2-6H,7H2,1H3,(H3,12,13). The van der Waals surface area contributed by atoms with E-state index in [2.05, 4.69) is 10.3 Å². The van der Waals surface area contributed by atoms with Crippen molar-refractivity contribution in [3.05, 3.63) is 41.7 Å². The molecular weight excluding hydrogens is 218 g/mol. The van der Waals surface area contributed by atoms with Gasteiger partial charge in [-0.25, -0.2) is 0 Å². The minimum absolute atomic E-state index is 0.0231. The lowest BCUT2D eigenvalue weighted by molar-refractivity contribution is 0.301. The second kappa shape index (κ2) is 4.65. The predicted molar refractivity (Wildman–Crippen MR) is 62.8 cm³/mol. The van der Waals surface area contributed by atoms with E-state index in [0.717, 1.165) is 5.69 Å². The van der Waals surface area contributed by atoms with E-state index in [-0.39, 0.29) is 5.84 Å². The maximum absolute atomic E-state index is 7.33. The molecule has 0 aliphatic rings. The maximum atomic E-state index is 7.33. The molecule has 6 heteroatoms. The van der Waals surface area contributed by atoms with Gasteiger partial charge >= 0.3 is 0 Å². The van der Waals surface area contributed by atoms with Crippen LogP contribution >= 0.6 is 0 Å². The van der Waals surface area contributed by atoms with Crippen molar-refractivity contribution >= 4 is 5.84 Å². The molecule has 88 valence electrons. The van der Waals surface area contributed by atoms with Gasteiger partial charge in [-0.05, 0) is 12.1 Å². The van der Waals surface area contributed by atoms with Crippen LogP contribution in [0.25, 0.3) is 0 Å². The molecule has 6 nitrogen and oxygen atoms in total. The summed E-state index contributed by atoms with van der Waals surface area (Å²) in [6, 6.07) is 7.09. The number of benzene rings is 1. The number of ether oxygens (including phenoxy) is 1. The molecule has 0 unspecified atom stereocenters. The molecule has 3 N–H and O–H groups in total. The van der Waals surface area contributed by atoms with Gasteiger partial charge in [0.1, 0.15) is 23.9 Å². The van der Waals surface area contributed by atoms with Crippen LogP contribution in [0.2, 0.25) is 0 Å². The molecule has 1 aromatic heterocycles. The summed E-state index contributed by atoms with van der Waals surface area (Å²) in [5, 5.41) is 15.0. The predicted octanol–water partition coefficient (Wildman–Crippen LogP) is 0.678. The molecule has 0 saturated heterocycles. The third-order valence-corrected chi connectivity index (χ3v) is 2.18. The summed E-state index contributed by atoms with van der Waals surface area (Å²) >= 11 is 0. The summed E-state index contributed by atoms with van der Waals surface area (Å²) in [4.78, 5) is 0. The van der Waals surface area contributed by atoms with Crippen molar-refractivity contribution in [2.24, 2.45) is 12.8 Å². The molecule has 0 spiro atoms. The van der Waals surface area contributed by atoms with E-state index < -0.39 is 0 Å². The van der Waals surface area contributed by atoms with Crippen LogP contribution < -0.4 is 10.5 Å². The molecular formula is C11H13N5O. The molecule has 2 aromatic rings. The van der Waals surface area contributed by atoms with E-state index in [4.69, 9.17) is 15.9 Å². The smallest absolute Gasteiger partial charge is 0.134 e. The molecule has 2 rings (SSSR count). The summed E-state index contributed by atoms with van der Waals surface area (Å²) in [6.07, 6.45) is 1.79. The first-order valence-electron chi connectivity index (χ1n) is 5.07. The van der Waals surface area contributed by atoms with Gasteiger partial charge in [0, 0.05) is 12.6 Å². The number of aryl methyl sites for hydroxylation is 1. The SMILES string of the molecule is Cn1cc(COc2cccc(C(=N)N)c2)nn1. The van der Waals surface area contributed by atoms with E-state index >= 15 is 0 Å². The van der Waals surface area contributed by atoms with Crippen LogP contribution in [0.1, 0.15) is 11.3 Å². The van der Waals surface area contributed by atoms with Gasteiger partial charge in [0.15, 0.2) is 0 Å². The van der Waals surface area contributed by atoms with Crippen LogP contribution in [0.3, 0.4) is 0 Å². The number of amidine groups is 1. The molecule has 0 bridgehead atoms. The van der Waals surface area contributed by atoms with Crippen molar-refractivity contribution in [1.29, 1.82) is 5.41 Å². The molecule has 0 fully saturated rings. The monoisotopic (exact) mass is 231 g/mol. The molecule has 1 heterocycles. The van der Waals surface area contributed by atoms with Crippen molar-refractivity contribution < 1.29 is 4.74 Å². The van der Waals surface area contributed by atoms with Crippen LogP contribution in [0.4, 0.5) is 0 Å². The fourth-order valence-electron chi connectivity index (χ4n) is 1.37. The highest BCUT2D eigenvalue weighted by Crippen LogP contribution is 2.14. The van der Waals surface area contributed by atoms with Crippen molar-refractivity contribution in [1.82, 2.24) is 15.0 Å². The van der Waals surface area contributed by atoms with Crippen LogP contribution in [0.15, 0.2) is 30.5 Å². The van der Waals surface area contributed by atoms with Crippen molar-refractivity contribution in [2.75, 3.05) is 0 Å². The van der Waals surface area contributed by atoms with Crippen molar-refractivity contribution in [3.63, 3.8) is 0 Å². The molecule has 17 heavy (non-hydrogen) atoms. The van der Waals surface area contributed by atoms with Crippen LogP contribution in [0, 0.1) is 5.41 Å². The Hall–Kier alpha value is -2.37. The minimum atomic E-state index is 0.0231.